The summed E-state index contributed by atoms with van der Waals surface area (Å²) in [5.41, 5.74) is -0.0639. The Morgan fingerprint density at radius 2 is 2.00 bits per heavy atom. The van der Waals surface area contributed by atoms with Crippen LogP contribution in [-0.4, -0.2) is 5.11 Å². The molecule has 0 heterocycles. The molecule has 1 heteroatoms. The van der Waals surface area contributed by atoms with E-state index in [1.54, 1.807) is 0 Å². The molecule has 0 unspecified atom stereocenters. The van der Waals surface area contributed by atoms with Crippen molar-refractivity contribution in [3.63, 3.8) is 0 Å². The van der Waals surface area contributed by atoms with Crippen LogP contribution >= 0.6 is 0 Å². The van der Waals surface area contributed by atoms with E-state index in [0.717, 1.165) is 0 Å². The van der Waals surface area contributed by atoms with E-state index in [0.29, 0.717) is 0 Å². The van der Waals surface area contributed by atoms with Crippen LogP contribution in [0.1, 0.15) is 12.4 Å². The molecule has 1 rings (SSSR count). The van der Waals surface area contributed by atoms with Crippen molar-refractivity contribution < 1.29 is 12.0 Å². The van der Waals surface area contributed by atoms with Gasteiger partial charge in [-0.15, -0.1) is 0 Å². The van der Waals surface area contributed by atoms with Gasteiger partial charge in [0, 0.05) is 0 Å². The van der Waals surface area contributed by atoms with Gasteiger partial charge in [-0.1, -0.05) is 30.2 Å². The van der Waals surface area contributed by atoms with Crippen LogP contribution in [0, 0.1) is 0 Å². The Kier molecular flexibility index (Phi) is 0.573. The smallest absolute Gasteiger partial charge is 0.0681 e. The Labute approximate surface area is 55.6 Å². The van der Waals surface area contributed by atoms with E-state index < -0.39 is 24.7 Å². The molecular weight excluding hydrogens is 100 g/mol. The summed E-state index contributed by atoms with van der Waals surface area (Å²) in [7, 11) is 0. The molecule has 0 saturated carbocycles. The molecule has 8 heavy (non-hydrogen) atoms. The molecule has 1 aromatic carbocycles. The van der Waals surface area contributed by atoms with Gasteiger partial charge in [0.15, 0.2) is 0 Å². The van der Waals surface area contributed by atoms with E-state index in [-0.39, 0.29) is 17.6 Å². The topological polar surface area (TPSA) is 20.2 Å². The highest BCUT2D eigenvalue weighted by atomic mass is 16.3. The number of hydrogen-bond acceptors (Lipinski definition) is 1. The third-order valence-corrected chi connectivity index (χ3v) is 0.710. The maximum absolute atomic E-state index is 8.77. The molecule has 0 atom stereocenters. The van der Waals surface area contributed by atoms with E-state index in [9.17, 15) is 0 Å². The summed E-state index contributed by atoms with van der Waals surface area (Å²) in [6.07, 6.45) is 0. The molecule has 0 amide bonds. The first-order valence-corrected chi connectivity index (χ1v) is 2.17. The van der Waals surface area contributed by atoms with Gasteiger partial charge in [0.25, 0.3) is 0 Å². The van der Waals surface area contributed by atoms with Crippen LogP contribution in [0.25, 0.3) is 0 Å². The van der Waals surface area contributed by atoms with Crippen molar-refractivity contribution in [3.8, 4) is 0 Å². The zero-order chi connectivity index (χ0) is 10.2. The second kappa shape index (κ2) is 2.48. The average Bonchev–Trinajstić information content (AvgIpc) is 2.13. The lowest BCUT2D eigenvalue weighted by molar-refractivity contribution is 0.282. The number of rotatable bonds is 1. The van der Waals surface area contributed by atoms with Crippen molar-refractivity contribution in [1.29, 1.82) is 0 Å². The van der Waals surface area contributed by atoms with Gasteiger partial charge in [0.05, 0.1) is 13.5 Å². The Balaban J connectivity index is 3.56. The van der Waals surface area contributed by atoms with Gasteiger partial charge in [-0.25, -0.2) is 0 Å². The Bertz CT molecular complexity index is 320. The van der Waals surface area contributed by atoms with Gasteiger partial charge in [0.2, 0.25) is 0 Å². The lowest BCUT2D eigenvalue weighted by Gasteiger charge is -1.89. The fraction of sp³-hybridized carbons (Fsp3) is 0.143. The van der Waals surface area contributed by atoms with Crippen molar-refractivity contribution in [2.75, 3.05) is 0 Å². The van der Waals surface area contributed by atoms with Crippen LogP contribution in [-0.2, 0) is 6.61 Å². The lowest BCUT2D eigenvalue weighted by atomic mass is 10.2. The molecule has 0 aromatic heterocycles. The summed E-state index contributed by atoms with van der Waals surface area (Å²) >= 11 is 0. The van der Waals surface area contributed by atoms with E-state index in [4.69, 9.17) is 12.0 Å². The van der Waals surface area contributed by atoms with Crippen LogP contribution in [0.15, 0.2) is 30.2 Å². The third kappa shape index (κ3) is 1.07. The van der Waals surface area contributed by atoms with Crippen LogP contribution in [0.5, 0.6) is 0 Å². The van der Waals surface area contributed by atoms with Gasteiger partial charge in [0.1, 0.15) is 0 Å². The number of aliphatic hydroxyl groups excluding tert-OH is 1. The highest BCUT2D eigenvalue weighted by Crippen LogP contribution is 1.95. The zero-order valence-electron chi connectivity index (χ0n) is 9.15. The van der Waals surface area contributed by atoms with Crippen molar-refractivity contribution in [2.45, 2.75) is 6.61 Å². The molecule has 0 radical (unpaired) electrons. The standard InChI is InChI=1S/C7H8O/c8-6-7-4-2-1-3-5-7/h1-5,8H,6H2/i1D,2D,3D,4D,5D. The van der Waals surface area contributed by atoms with Crippen LogP contribution in [0.4, 0.5) is 0 Å². The minimum absolute atomic E-state index is 0.0639. The normalized spacial score (nSPS) is 17.9. The summed E-state index contributed by atoms with van der Waals surface area (Å²) in [6.45, 7) is -0.546. The van der Waals surface area contributed by atoms with Crippen molar-refractivity contribution in [2.24, 2.45) is 0 Å². The van der Waals surface area contributed by atoms with Gasteiger partial charge in [-0.2, -0.15) is 0 Å². The first-order chi connectivity index (χ1) is 6.00. The van der Waals surface area contributed by atoms with Crippen LogP contribution < -0.4 is 0 Å². The Morgan fingerprint density at radius 3 is 2.50 bits per heavy atom. The predicted octanol–water partition coefficient (Wildman–Crippen LogP) is 1.18. The maximum Gasteiger partial charge on any atom is 0.0681 e. The molecule has 42 valence electrons. The molecule has 0 spiro atoms. The van der Waals surface area contributed by atoms with Crippen molar-refractivity contribution >= 4 is 0 Å². The minimum Gasteiger partial charge on any atom is -0.392 e. The summed E-state index contributed by atoms with van der Waals surface area (Å²) in [6, 6.07) is -1.94. The molecule has 0 bridgehead atoms. The Morgan fingerprint density at radius 1 is 1.38 bits per heavy atom. The second-order valence-electron chi connectivity index (χ2n) is 1.26. The SMILES string of the molecule is [2H]c1c([2H])c([2H])c(CO)c([2H])c1[2H]. The molecule has 0 fully saturated rings. The summed E-state index contributed by atoms with van der Waals surface area (Å²) in [5, 5.41) is 8.77. The summed E-state index contributed by atoms with van der Waals surface area (Å²) in [4.78, 5) is 0. The quantitative estimate of drug-likeness (QED) is 0.579. The second-order valence-corrected chi connectivity index (χ2v) is 1.26. The molecular formula is C7H8O. The largest absolute Gasteiger partial charge is 0.392 e. The molecule has 0 aliphatic heterocycles. The number of hydrogen-bond donors (Lipinski definition) is 1. The van der Waals surface area contributed by atoms with Gasteiger partial charge < -0.3 is 5.11 Å². The average molecular weight is 113 g/mol. The highest BCUT2D eigenvalue weighted by molar-refractivity contribution is 5.12. The molecule has 1 N–H and O–H groups in total. The maximum atomic E-state index is 8.77. The molecule has 0 aliphatic rings. The Hall–Kier alpha value is -0.820. The third-order valence-electron chi connectivity index (χ3n) is 0.710. The summed E-state index contributed by atoms with van der Waals surface area (Å²) in [5.74, 6) is 0. The van der Waals surface area contributed by atoms with Gasteiger partial charge in [-0.3, -0.25) is 0 Å². The van der Waals surface area contributed by atoms with Gasteiger partial charge in [-0.05, 0) is 5.56 Å². The van der Waals surface area contributed by atoms with Crippen molar-refractivity contribution in [3.05, 3.63) is 35.8 Å². The van der Waals surface area contributed by atoms with E-state index in [2.05, 4.69) is 0 Å². The fourth-order valence-electron chi connectivity index (χ4n) is 0.355. The summed E-state index contributed by atoms with van der Waals surface area (Å²) < 4.78 is 36.3. The number of aliphatic hydroxyl groups is 1. The molecule has 1 nitrogen and oxygen atoms in total. The minimum atomic E-state index is -0.546. The van der Waals surface area contributed by atoms with Gasteiger partial charge >= 0.3 is 0 Å². The number of benzene rings is 1. The first-order valence-electron chi connectivity index (χ1n) is 4.67. The predicted molar refractivity (Wildman–Crippen MR) is 32.4 cm³/mol. The monoisotopic (exact) mass is 113 g/mol. The highest BCUT2D eigenvalue weighted by Gasteiger charge is 1.81. The molecule has 0 aliphatic carbocycles. The zero-order valence-corrected chi connectivity index (χ0v) is 4.15. The van der Waals surface area contributed by atoms with Crippen LogP contribution in [0.3, 0.4) is 0 Å². The molecule has 1 aromatic rings. The van der Waals surface area contributed by atoms with Crippen LogP contribution in [0.2, 0.25) is 0 Å². The fourth-order valence-corrected chi connectivity index (χ4v) is 0.355. The van der Waals surface area contributed by atoms with E-state index in [1.165, 1.54) is 0 Å². The van der Waals surface area contributed by atoms with E-state index >= 15 is 0 Å². The first kappa shape index (κ1) is 1.85. The van der Waals surface area contributed by atoms with E-state index in [1.807, 2.05) is 0 Å². The molecule has 0 saturated heterocycles. The van der Waals surface area contributed by atoms with Crippen molar-refractivity contribution in [1.82, 2.24) is 0 Å². The lowest BCUT2D eigenvalue weighted by Crippen LogP contribution is -1.77.